The standard InChI is InChI=1S/C11H22N2O2/c1-4-9(2)10(3)12-11(14)13-5-7-15-8-6-13/h9-10H,4-8H2,1-3H3,(H,12,14). The van der Waals surface area contributed by atoms with E-state index in [-0.39, 0.29) is 12.1 Å². The fourth-order valence-corrected chi connectivity index (χ4v) is 1.55. The van der Waals surface area contributed by atoms with Crippen LogP contribution >= 0.6 is 0 Å². The Morgan fingerprint density at radius 3 is 2.53 bits per heavy atom. The van der Waals surface area contributed by atoms with Crippen molar-refractivity contribution in [3.8, 4) is 0 Å². The third-order valence-corrected chi connectivity index (χ3v) is 3.15. The molecule has 0 bridgehead atoms. The zero-order valence-electron chi connectivity index (χ0n) is 9.95. The van der Waals surface area contributed by atoms with Crippen molar-refractivity contribution in [2.24, 2.45) is 5.92 Å². The number of carbonyl (C=O) groups excluding carboxylic acids is 1. The average Bonchev–Trinajstić information content (AvgIpc) is 2.29. The van der Waals surface area contributed by atoms with Crippen LogP contribution in [0.4, 0.5) is 4.79 Å². The summed E-state index contributed by atoms with van der Waals surface area (Å²) in [6.45, 7) is 9.09. The smallest absolute Gasteiger partial charge is 0.317 e. The highest BCUT2D eigenvalue weighted by atomic mass is 16.5. The second kappa shape index (κ2) is 5.95. The van der Waals surface area contributed by atoms with Crippen molar-refractivity contribution in [1.29, 1.82) is 0 Å². The molecule has 4 heteroatoms. The lowest BCUT2D eigenvalue weighted by molar-refractivity contribution is 0.0521. The Morgan fingerprint density at radius 1 is 1.40 bits per heavy atom. The summed E-state index contributed by atoms with van der Waals surface area (Å²) in [5.74, 6) is 0.523. The Morgan fingerprint density at radius 2 is 2.00 bits per heavy atom. The summed E-state index contributed by atoms with van der Waals surface area (Å²) in [7, 11) is 0. The summed E-state index contributed by atoms with van der Waals surface area (Å²) >= 11 is 0. The number of urea groups is 1. The third-order valence-electron chi connectivity index (χ3n) is 3.15. The van der Waals surface area contributed by atoms with Gasteiger partial charge in [0.25, 0.3) is 0 Å². The van der Waals surface area contributed by atoms with E-state index in [2.05, 4.69) is 26.1 Å². The van der Waals surface area contributed by atoms with Gasteiger partial charge in [-0.05, 0) is 12.8 Å². The van der Waals surface area contributed by atoms with Crippen molar-refractivity contribution in [3.63, 3.8) is 0 Å². The van der Waals surface area contributed by atoms with Crippen molar-refractivity contribution in [2.45, 2.75) is 33.2 Å². The van der Waals surface area contributed by atoms with E-state index in [1.165, 1.54) is 0 Å². The Kier molecular flexibility index (Phi) is 4.88. The molecule has 1 fully saturated rings. The lowest BCUT2D eigenvalue weighted by Gasteiger charge is -2.29. The largest absolute Gasteiger partial charge is 0.378 e. The molecule has 1 N–H and O–H groups in total. The molecule has 0 spiro atoms. The summed E-state index contributed by atoms with van der Waals surface area (Å²) in [6.07, 6.45) is 1.09. The highest BCUT2D eigenvalue weighted by Gasteiger charge is 2.19. The first-order valence-corrected chi connectivity index (χ1v) is 5.78. The van der Waals surface area contributed by atoms with Gasteiger partial charge in [0.15, 0.2) is 0 Å². The van der Waals surface area contributed by atoms with Crippen molar-refractivity contribution in [1.82, 2.24) is 10.2 Å². The second-order valence-electron chi connectivity index (χ2n) is 4.22. The van der Waals surface area contributed by atoms with Gasteiger partial charge in [0.05, 0.1) is 13.2 Å². The third kappa shape index (κ3) is 3.70. The quantitative estimate of drug-likeness (QED) is 0.773. The minimum absolute atomic E-state index is 0.0473. The maximum Gasteiger partial charge on any atom is 0.317 e. The number of rotatable bonds is 3. The molecule has 1 rings (SSSR count). The number of hydrogen-bond donors (Lipinski definition) is 1. The number of hydrogen-bond acceptors (Lipinski definition) is 2. The van der Waals surface area contributed by atoms with E-state index in [9.17, 15) is 4.79 Å². The van der Waals surface area contributed by atoms with Crippen molar-refractivity contribution in [2.75, 3.05) is 26.3 Å². The van der Waals surface area contributed by atoms with Crippen LogP contribution in [0.15, 0.2) is 0 Å². The molecule has 0 radical (unpaired) electrons. The predicted octanol–water partition coefficient (Wildman–Crippen LogP) is 1.46. The Hall–Kier alpha value is -0.770. The molecular weight excluding hydrogens is 192 g/mol. The van der Waals surface area contributed by atoms with Crippen LogP contribution in [-0.4, -0.2) is 43.3 Å². The summed E-state index contributed by atoms with van der Waals surface area (Å²) in [4.78, 5) is 13.6. The molecule has 2 amide bonds. The molecule has 0 saturated carbocycles. The SMILES string of the molecule is CCC(C)C(C)NC(=O)N1CCOCC1. The van der Waals surface area contributed by atoms with E-state index in [1.807, 2.05) is 4.90 Å². The molecule has 1 saturated heterocycles. The fourth-order valence-electron chi connectivity index (χ4n) is 1.55. The Labute approximate surface area is 92.0 Å². The Balaban J connectivity index is 2.33. The summed E-state index contributed by atoms with van der Waals surface area (Å²) < 4.78 is 5.20. The molecule has 1 aliphatic rings. The maximum atomic E-state index is 11.8. The van der Waals surface area contributed by atoms with E-state index in [1.54, 1.807) is 0 Å². The molecule has 2 atom stereocenters. The van der Waals surface area contributed by atoms with Crippen LogP contribution < -0.4 is 5.32 Å². The minimum Gasteiger partial charge on any atom is -0.378 e. The highest BCUT2D eigenvalue weighted by molar-refractivity contribution is 5.74. The molecule has 1 heterocycles. The number of nitrogens with one attached hydrogen (secondary N) is 1. The number of carbonyl (C=O) groups is 1. The van der Waals surface area contributed by atoms with Gasteiger partial charge in [-0.1, -0.05) is 20.3 Å². The van der Waals surface area contributed by atoms with Gasteiger partial charge >= 0.3 is 6.03 Å². The molecule has 2 unspecified atom stereocenters. The lowest BCUT2D eigenvalue weighted by Crippen LogP contribution is -2.49. The monoisotopic (exact) mass is 214 g/mol. The minimum atomic E-state index is 0.0473. The first-order valence-electron chi connectivity index (χ1n) is 5.78. The molecule has 0 aromatic rings. The van der Waals surface area contributed by atoms with Crippen LogP contribution in [-0.2, 0) is 4.74 Å². The number of ether oxygens (including phenoxy) is 1. The molecule has 1 aliphatic heterocycles. The highest BCUT2D eigenvalue weighted by Crippen LogP contribution is 2.07. The Bertz CT molecular complexity index is 203. The van der Waals surface area contributed by atoms with Gasteiger partial charge < -0.3 is 15.0 Å². The van der Waals surface area contributed by atoms with Crippen LogP contribution in [0.5, 0.6) is 0 Å². The van der Waals surface area contributed by atoms with Crippen LogP contribution in [0.1, 0.15) is 27.2 Å². The van der Waals surface area contributed by atoms with Crippen LogP contribution in [0, 0.1) is 5.92 Å². The van der Waals surface area contributed by atoms with Gasteiger partial charge in [-0.25, -0.2) is 4.79 Å². The van der Waals surface area contributed by atoms with Crippen molar-refractivity contribution >= 4 is 6.03 Å². The van der Waals surface area contributed by atoms with E-state index >= 15 is 0 Å². The normalized spacial score (nSPS) is 20.9. The number of morpholine rings is 1. The van der Waals surface area contributed by atoms with Gasteiger partial charge in [-0.3, -0.25) is 0 Å². The van der Waals surface area contributed by atoms with Crippen LogP contribution in [0.3, 0.4) is 0 Å². The number of amides is 2. The molecule has 0 aromatic heterocycles. The summed E-state index contributed by atoms with van der Waals surface area (Å²) in [5, 5.41) is 3.03. The summed E-state index contributed by atoms with van der Waals surface area (Å²) in [6, 6.07) is 0.288. The molecule has 15 heavy (non-hydrogen) atoms. The fraction of sp³-hybridized carbons (Fsp3) is 0.909. The molecule has 4 nitrogen and oxygen atoms in total. The van der Waals surface area contributed by atoms with Gasteiger partial charge in [0, 0.05) is 19.1 Å². The second-order valence-corrected chi connectivity index (χ2v) is 4.22. The number of nitrogens with zero attached hydrogens (tertiary/aromatic N) is 1. The molecule has 0 aromatic carbocycles. The first kappa shape index (κ1) is 12.3. The van der Waals surface area contributed by atoms with Gasteiger partial charge in [0.1, 0.15) is 0 Å². The zero-order valence-corrected chi connectivity index (χ0v) is 9.95. The average molecular weight is 214 g/mol. The summed E-state index contributed by atoms with van der Waals surface area (Å²) in [5.41, 5.74) is 0. The van der Waals surface area contributed by atoms with Gasteiger partial charge in [0.2, 0.25) is 0 Å². The van der Waals surface area contributed by atoms with E-state index in [4.69, 9.17) is 4.74 Å². The molecular formula is C11H22N2O2. The van der Waals surface area contributed by atoms with Gasteiger partial charge in [-0.2, -0.15) is 0 Å². The van der Waals surface area contributed by atoms with Crippen LogP contribution in [0.2, 0.25) is 0 Å². The lowest BCUT2D eigenvalue weighted by atomic mass is 10.0. The van der Waals surface area contributed by atoms with E-state index in [0.29, 0.717) is 32.2 Å². The van der Waals surface area contributed by atoms with E-state index < -0.39 is 0 Å². The first-order chi connectivity index (χ1) is 7.15. The van der Waals surface area contributed by atoms with E-state index in [0.717, 1.165) is 6.42 Å². The van der Waals surface area contributed by atoms with Crippen molar-refractivity contribution in [3.05, 3.63) is 0 Å². The molecule has 88 valence electrons. The van der Waals surface area contributed by atoms with Crippen molar-refractivity contribution < 1.29 is 9.53 Å². The molecule has 0 aliphatic carbocycles. The zero-order chi connectivity index (χ0) is 11.3. The topological polar surface area (TPSA) is 41.6 Å². The predicted molar refractivity (Wildman–Crippen MR) is 59.8 cm³/mol. The van der Waals surface area contributed by atoms with Crippen LogP contribution in [0.25, 0.3) is 0 Å². The van der Waals surface area contributed by atoms with Gasteiger partial charge in [-0.15, -0.1) is 0 Å². The maximum absolute atomic E-state index is 11.8.